The maximum atomic E-state index is 5.59. The fourth-order valence-corrected chi connectivity index (χ4v) is 2.48. The Bertz CT molecular complexity index is 318. The molecule has 2 rings (SSSR count). The van der Waals surface area contributed by atoms with E-state index in [2.05, 4.69) is 31.9 Å². The highest BCUT2D eigenvalue weighted by atomic mass is 79.9. The van der Waals surface area contributed by atoms with E-state index in [-0.39, 0.29) is 0 Å². The van der Waals surface area contributed by atoms with Crippen molar-refractivity contribution < 1.29 is 0 Å². The second-order valence-corrected chi connectivity index (χ2v) is 5.26. The number of anilines is 1. The predicted octanol–water partition coefficient (Wildman–Crippen LogP) is 2.41. The van der Waals surface area contributed by atoms with Crippen LogP contribution in [0.2, 0.25) is 0 Å². The summed E-state index contributed by atoms with van der Waals surface area (Å²) in [5.41, 5.74) is 5.59. The number of hydrogen-bond acceptors (Lipinski definition) is 3. The van der Waals surface area contributed by atoms with Gasteiger partial charge in [0.15, 0.2) is 0 Å². The van der Waals surface area contributed by atoms with E-state index in [9.17, 15) is 0 Å². The first-order valence-corrected chi connectivity index (χ1v) is 6.65. The third kappa shape index (κ3) is 2.95. The van der Waals surface area contributed by atoms with Gasteiger partial charge in [0.1, 0.15) is 5.82 Å². The van der Waals surface area contributed by atoms with Crippen LogP contribution >= 0.6 is 15.9 Å². The van der Waals surface area contributed by atoms with Crippen LogP contribution in [0, 0.1) is 5.92 Å². The summed E-state index contributed by atoms with van der Waals surface area (Å²) in [5, 5.41) is 0. The molecule has 1 aromatic heterocycles. The van der Waals surface area contributed by atoms with Gasteiger partial charge in [0.2, 0.25) is 0 Å². The van der Waals surface area contributed by atoms with Crippen molar-refractivity contribution in [1.82, 2.24) is 4.98 Å². The number of rotatable bonds is 3. The molecular formula is C12H18BrN3. The lowest BCUT2D eigenvalue weighted by Crippen LogP contribution is -2.34. The van der Waals surface area contributed by atoms with Gasteiger partial charge in [-0.1, -0.05) is 0 Å². The normalized spacial score (nSPS) is 17.8. The average Bonchev–Trinajstić information content (AvgIpc) is 2.32. The first-order chi connectivity index (χ1) is 7.79. The summed E-state index contributed by atoms with van der Waals surface area (Å²) in [6.45, 7) is 3.04. The van der Waals surface area contributed by atoms with E-state index < -0.39 is 0 Å². The Hall–Kier alpha value is -0.610. The van der Waals surface area contributed by atoms with Gasteiger partial charge in [0, 0.05) is 23.8 Å². The number of nitrogens with two attached hydrogens (primary N) is 1. The van der Waals surface area contributed by atoms with Crippen LogP contribution in [0.15, 0.2) is 22.8 Å². The summed E-state index contributed by atoms with van der Waals surface area (Å²) in [7, 11) is 0. The summed E-state index contributed by atoms with van der Waals surface area (Å²) in [6, 6.07) is 4.13. The molecule has 0 amide bonds. The maximum absolute atomic E-state index is 5.59. The Morgan fingerprint density at radius 2 is 2.12 bits per heavy atom. The van der Waals surface area contributed by atoms with Gasteiger partial charge in [0.25, 0.3) is 0 Å². The Morgan fingerprint density at radius 1 is 1.38 bits per heavy atom. The fourth-order valence-electron chi connectivity index (χ4n) is 2.24. The zero-order chi connectivity index (χ0) is 11.4. The molecule has 0 atom stereocenters. The minimum absolute atomic E-state index is 0.816. The van der Waals surface area contributed by atoms with Crippen LogP contribution in [0.25, 0.3) is 0 Å². The van der Waals surface area contributed by atoms with E-state index in [1.54, 1.807) is 0 Å². The zero-order valence-electron chi connectivity index (χ0n) is 9.40. The number of pyridine rings is 1. The Labute approximate surface area is 105 Å². The van der Waals surface area contributed by atoms with Crippen molar-refractivity contribution in [3.8, 4) is 0 Å². The van der Waals surface area contributed by atoms with Crippen LogP contribution in [-0.4, -0.2) is 24.6 Å². The van der Waals surface area contributed by atoms with E-state index >= 15 is 0 Å². The second kappa shape index (κ2) is 5.64. The van der Waals surface area contributed by atoms with Gasteiger partial charge in [-0.15, -0.1) is 0 Å². The fraction of sp³-hybridized carbons (Fsp3) is 0.583. The molecule has 1 saturated heterocycles. The molecule has 16 heavy (non-hydrogen) atoms. The molecule has 0 aliphatic carbocycles. The van der Waals surface area contributed by atoms with Gasteiger partial charge in [-0.25, -0.2) is 4.98 Å². The number of piperidine rings is 1. The SMILES string of the molecule is NCCC1CCN(c2ccc(Br)cn2)CC1. The van der Waals surface area contributed by atoms with Gasteiger partial charge in [-0.05, 0) is 59.8 Å². The molecule has 0 bridgehead atoms. The van der Waals surface area contributed by atoms with Crippen LogP contribution in [0.1, 0.15) is 19.3 Å². The van der Waals surface area contributed by atoms with Crippen molar-refractivity contribution in [1.29, 1.82) is 0 Å². The second-order valence-electron chi connectivity index (χ2n) is 4.34. The molecular weight excluding hydrogens is 266 g/mol. The van der Waals surface area contributed by atoms with Crippen LogP contribution in [0.3, 0.4) is 0 Å². The molecule has 2 heterocycles. The lowest BCUT2D eigenvalue weighted by molar-refractivity contribution is 0.385. The standard InChI is InChI=1S/C12H18BrN3/c13-11-1-2-12(15-9-11)16-7-4-10(3-6-14)5-8-16/h1-2,9-10H,3-8,14H2. The lowest BCUT2D eigenvalue weighted by Gasteiger charge is -2.32. The van der Waals surface area contributed by atoms with E-state index in [4.69, 9.17) is 5.73 Å². The predicted molar refractivity (Wildman–Crippen MR) is 70.5 cm³/mol. The highest BCUT2D eigenvalue weighted by Crippen LogP contribution is 2.24. The molecule has 1 fully saturated rings. The highest BCUT2D eigenvalue weighted by molar-refractivity contribution is 9.10. The molecule has 4 heteroatoms. The highest BCUT2D eigenvalue weighted by Gasteiger charge is 2.19. The lowest BCUT2D eigenvalue weighted by atomic mass is 9.94. The molecule has 3 nitrogen and oxygen atoms in total. The van der Waals surface area contributed by atoms with E-state index in [1.165, 1.54) is 19.3 Å². The number of halogens is 1. The monoisotopic (exact) mass is 283 g/mol. The third-order valence-corrected chi connectivity index (χ3v) is 3.69. The summed E-state index contributed by atoms with van der Waals surface area (Å²) < 4.78 is 1.04. The topological polar surface area (TPSA) is 42.1 Å². The van der Waals surface area contributed by atoms with Gasteiger partial charge in [-0.2, -0.15) is 0 Å². The largest absolute Gasteiger partial charge is 0.357 e. The minimum atomic E-state index is 0.816. The minimum Gasteiger partial charge on any atom is -0.357 e. The van der Waals surface area contributed by atoms with Gasteiger partial charge < -0.3 is 10.6 Å². The van der Waals surface area contributed by atoms with E-state index in [0.29, 0.717) is 0 Å². The van der Waals surface area contributed by atoms with Crippen LogP contribution in [0.4, 0.5) is 5.82 Å². The molecule has 0 aromatic carbocycles. The number of nitrogens with zero attached hydrogens (tertiary/aromatic N) is 2. The Morgan fingerprint density at radius 3 is 2.69 bits per heavy atom. The molecule has 0 radical (unpaired) electrons. The van der Waals surface area contributed by atoms with Gasteiger partial charge in [-0.3, -0.25) is 0 Å². The van der Waals surface area contributed by atoms with Crippen molar-refractivity contribution in [3.63, 3.8) is 0 Å². The van der Waals surface area contributed by atoms with E-state index in [0.717, 1.165) is 35.8 Å². The molecule has 1 aliphatic heterocycles. The van der Waals surface area contributed by atoms with Crippen LogP contribution < -0.4 is 10.6 Å². The summed E-state index contributed by atoms with van der Waals surface area (Å²) in [6.07, 6.45) is 5.52. The smallest absolute Gasteiger partial charge is 0.128 e. The first kappa shape index (κ1) is 11.9. The quantitative estimate of drug-likeness (QED) is 0.926. The number of aromatic nitrogens is 1. The summed E-state index contributed by atoms with van der Waals surface area (Å²) in [5.74, 6) is 1.91. The van der Waals surface area contributed by atoms with Gasteiger partial charge >= 0.3 is 0 Å². The molecule has 0 spiro atoms. The first-order valence-electron chi connectivity index (χ1n) is 5.86. The number of hydrogen-bond donors (Lipinski definition) is 1. The van der Waals surface area contributed by atoms with Crippen molar-refractivity contribution >= 4 is 21.7 Å². The van der Waals surface area contributed by atoms with Crippen molar-refractivity contribution in [2.75, 3.05) is 24.5 Å². The maximum Gasteiger partial charge on any atom is 0.128 e. The van der Waals surface area contributed by atoms with Gasteiger partial charge in [0.05, 0.1) is 0 Å². The molecule has 1 aliphatic rings. The van der Waals surface area contributed by atoms with Crippen molar-refractivity contribution in [2.24, 2.45) is 11.7 Å². The molecule has 0 unspecified atom stereocenters. The van der Waals surface area contributed by atoms with E-state index in [1.807, 2.05) is 12.3 Å². The Kier molecular flexibility index (Phi) is 4.18. The van der Waals surface area contributed by atoms with Crippen molar-refractivity contribution in [2.45, 2.75) is 19.3 Å². The molecule has 2 N–H and O–H groups in total. The third-order valence-electron chi connectivity index (χ3n) is 3.23. The Balaban J connectivity index is 1.91. The summed E-state index contributed by atoms with van der Waals surface area (Å²) >= 11 is 3.40. The average molecular weight is 284 g/mol. The van der Waals surface area contributed by atoms with Crippen LogP contribution in [-0.2, 0) is 0 Å². The zero-order valence-corrected chi connectivity index (χ0v) is 11.0. The molecule has 88 valence electrons. The van der Waals surface area contributed by atoms with Crippen LogP contribution in [0.5, 0.6) is 0 Å². The molecule has 0 saturated carbocycles. The summed E-state index contributed by atoms with van der Waals surface area (Å²) in [4.78, 5) is 6.79. The molecule has 1 aromatic rings. The van der Waals surface area contributed by atoms with Crippen molar-refractivity contribution in [3.05, 3.63) is 22.8 Å².